The van der Waals surface area contributed by atoms with Gasteiger partial charge in [-0.1, -0.05) is 0 Å². The maximum absolute atomic E-state index is 12.4. The van der Waals surface area contributed by atoms with Crippen LogP contribution < -0.4 is 9.64 Å². The number of carboxylic acid groups (broad SMARTS) is 2. The summed E-state index contributed by atoms with van der Waals surface area (Å²) in [6.45, 7) is 3.55. The largest absolute Gasteiger partial charge is 0.497 e. The van der Waals surface area contributed by atoms with E-state index in [0.29, 0.717) is 54.0 Å². The zero-order valence-corrected chi connectivity index (χ0v) is 19.1. The lowest BCUT2D eigenvalue weighted by Crippen LogP contribution is -2.49. The third-order valence-corrected chi connectivity index (χ3v) is 6.27. The van der Waals surface area contributed by atoms with Crippen LogP contribution >= 0.6 is 0 Å². The number of piperazine rings is 1. The van der Waals surface area contributed by atoms with Gasteiger partial charge in [-0.2, -0.15) is 0 Å². The van der Waals surface area contributed by atoms with Crippen LogP contribution in [0.5, 0.6) is 5.75 Å². The summed E-state index contributed by atoms with van der Waals surface area (Å²) < 4.78 is 6.89. The van der Waals surface area contributed by atoms with E-state index in [0.717, 1.165) is 5.69 Å². The Labute approximate surface area is 196 Å². The third kappa shape index (κ3) is 4.60. The molecule has 1 atom stereocenters. The van der Waals surface area contributed by atoms with Crippen molar-refractivity contribution in [2.24, 2.45) is 0 Å². The number of aromatic nitrogens is 1. The van der Waals surface area contributed by atoms with Crippen molar-refractivity contribution in [1.82, 2.24) is 9.47 Å². The van der Waals surface area contributed by atoms with E-state index in [9.17, 15) is 24.6 Å². The molecule has 2 N–H and O–H groups in total. The maximum Gasteiger partial charge on any atom is 0.325 e. The van der Waals surface area contributed by atoms with Gasteiger partial charge in [0.1, 0.15) is 18.3 Å². The van der Waals surface area contributed by atoms with Gasteiger partial charge in [0.15, 0.2) is 5.78 Å². The van der Waals surface area contributed by atoms with Crippen molar-refractivity contribution in [1.29, 1.82) is 0 Å². The van der Waals surface area contributed by atoms with Crippen LogP contribution in [-0.4, -0.2) is 70.7 Å². The SMILES string of the molecule is COc1ccc2c(c1)c([C@H](C(=O)O)N1CCN(c3ccc(C(C)=O)cc3)CC1)cn2CC(=O)O. The lowest BCUT2D eigenvalue weighted by atomic mass is 10.0. The Bertz CT molecular complexity index is 1230. The average molecular weight is 466 g/mol. The van der Waals surface area contributed by atoms with Crippen molar-refractivity contribution >= 4 is 34.3 Å². The molecule has 1 aliphatic rings. The predicted octanol–water partition coefficient (Wildman–Crippen LogP) is 2.89. The molecule has 0 amide bonds. The highest BCUT2D eigenvalue weighted by Crippen LogP contribution is 2.34. The number of ether oxygens (including phenoxy) is 1. The van der Waals surface area contributed by atoms with Crippen LogP contribution in [0.2, 0.25) is 0 Å². The second-order valence-electron chi connectivity index (χ2n) is 8.36. The summed E-state index contributed by atoms with van der Waals surface area (Å²) in [4.78, 5) is 39.4. The number of hydrogen-bond donors (Lipinski definition) is 2. The lowest BCUT2D eigenvalue weighted by molar-refractivity contribution is -0.143. The summed E-state index contributed by atoms with van der Waals surface area (Å²) in [7, 11) is 1.53. The molecule has 0 aliphatic carbocycles. The molecule has 1 fully saturated rings. The summed E-state index contributed by atoms with van der Waals surface area (Å²) in [5, 5.41) is 20.2. The van der Waals surface area contributed by atoms with Crippen molar-refractivity contribution in [3.05, 3.63) is 59.8 Å². The first-order chi connectivity index (χ1) is 16.3. The smallest absolute Gasteiger partial charge is 0.325 e. The number of benzene rings is 2. The van der Waals surface area contributed by atoms with Crippen LogP contribution in [0.4, 0.5) is 5.69 Å². The minimum atomic E-state index is -1.00. The molecular weight excluding hydrogens is 438 g/mol. The Kier molecular flexibility index (Phi) is 6.56. The molecule has 178 valence electrons. The molecule has 0 spiro atoms. The van der Waals surface area contributed by atoms with Crippen LogP contribution in [-0.2, 0) is 16.1 Å². The highest BCUT2D eigenvalue weighted by molar-refractivity contribution is 5.94. The van der Waals surface area contributed by atoms with Crippen molar-refractivity contribution in [2.45, 2.75) is 19.5 Å². The number of carbonyl (C=O) groups excluding carboxylic acids is 1. The van der Waals surface area contributed by atoms with Gasteiger partial charge in [0, 0.05) is 60.1 Å². The molecule has 34 heavy (non-hydrogen) atoms. The van der Waals surface area contributed by atoms with Gasteiger partial charge in [0.25, 0.3) is 0 Å². The summed E-state index contributed by atoms with van der Waals surface area (Å²) >= 11 is 0. The van der Waals surface area contributed by atoms with E-state index in [2.05, 4.69) is 4.90 Å². The molecule has 1 saturated heterocycles. The molecule has 1 aliphatic heterocycles. The number of carbonyl (C=O) groups is 3. The highest BCUT2D eigenvalue weighted by Gasteiger charge is 2.33. The number of ketones is 1. The summed E-state index contributed by atoms with van der Waals surface area (Å²) in [6.07, 6.45) is 1.63. The first-order valence-electron chi connectivity index (χ1n) is 11.0. The number of methoxy groups -OCH3 is 1. The van der Waals surface area contributed by atoms with Gasteiger partial charge in [-0.15, -0.1) is 0 Å². The number of Topliss-reactive ketones (excluding diaryl/α,β-unsaturated/α-hetero) is 1. The van der Waals surface area contributed by atoms with Crippen molar-refractivity contribution in [2.75, 3.05) is 38.2 Å². The quantitative estimate of drug-likeness (QED) is 0.489. The normalized spacial score (nSPS) is 15.3. The Morgan fingerprint density at radius 2 is 1.68 bits per heavy atom. The van der Waals surface area contributed by atoms with Crippen LogP contribution in [0.15, 0.2) is 48.7 Å². The van der Waals surface area contributed by atoms with Crippen LogP contribution in [0.25, 0.3) is 10.9 Å². The molecule has 0 unspecified atom stereocenters. The monoisotopic (exact) mass is 465 g/mol. The van der Waals surface area contributed by atoms with Gasteiger partial charge in [-0.3, -0.25) is 19.3 Å². The van der Waals surface area contributed by atoms with Crippen LogP contribution in [0, 0.1) is 0 Å². The number of anilines is 1. The predicted molar refractivity (Wildman–Crippen MR) is 127 cm³/mol. The minimum absolute atomic E-state index is 0.0133. The molecule has 2 heterocycles. The molecule has 9 nitrogen and oxygen atoms in total. The van der Waals surface area contributed by atoms with Gasteiger partial charge in [-0.05, 0) is 49.4 Å². The van der Waals surface area contributed by atoms with E-state index < -0.39 is 18.0 Å². The molecule has 2 aromatic carbocycles. The number of rotatable bonds is 8. The second kappa shape index (κ2) is 9.56. The Hall–Kier alpha value is -3.85. The first kappa shape index (κ1) is 23.3. The molecular formula is C25H27N3O6. The molecule has 9 heteroatoms. The average Bonchev–Trinajstić information content (AvgIpc) is 3.15. The molecule has 0 radical (unpaired) electrons. The van der Waals surface area contributed by atoms with E-state index in [1.165, 1.54) is 14.0 Å². The van der Waals surface area contributed by atoms with Gasteiger partial charge < -0.3 is 24.4 Å². The van der Waals surface area contributed by atoms with Crippen molar-refractivity contribution in [3.63, 3.8) is 0 Å². The molecule has 0 saturated carbocycles. The van der Waals surface area contributed by atoms with E-state index in [1.54, 1.807) is 41.1 Å². The fraction of sp³-hybridized carbons (Fsp3) is 0.320. The Morgan fingerprint density at radius 3 is 2.24 bits per heavy atom. The van der Waals surface area contributed by atoms with E-state index in [-0.39, 0.29) is 12.3 Å². The molecule has 3 aromatic rings. The third-order valence-electron chi connectivity index (χ3n) is 6.27. The van der Waals surface area contributed by atoms with Crippen molar-refractivity contribution in [3.8, 4) is 5.75 Å². The lowest BCUT2D eigenvalue weighted by Gasteiger charge is -2.38. The second-order valence-corrected chi connectivity index (χ2v) is 8.36. The number of aliphatic carboxylic acids is 2. The summed E-state index contributed by atoms with van der Waals surface area (Å²) in [5.74, 6) is -1.41. The van der Waals surface area contributed by atoms with Crippen LogP contribution in [0.3, 0.4) is 0 Å². The first-order valence-corrected chi connectivity index (χ1v) is 11.0. The van der Waals surface area contributed by atoms with E-state index >= 15 is 0 Å². The summed E-state index contributed by atoms with van der Waals surface area (Å²) in [6, 6.07) is 11.7. The summed E-state index contributed by atoms with van der Waals surface area (Å²) in [5.41, 5.74) is 2.83. The standard InChI is InChI=1S/C25H27N3O6/c1-16(29)17-3-5-18(6-4-17)26-9-11-27(12-10-26)24(25(32)33)21-14-28(15-23(30)31)22-8-7-19(34-2)13-20(21)22/h3-8,13-14,24H,9-12,15H2,1-2H3,(H,30,31)(H,32,33)/t24-/m1/s1. The molecule has 1 aromatic heterocycles. The zero-order chi connectivity index (χ0) is 24.4. The number of nitrogens with zero attached hydrogens (tertiary/aromatic N) is 3. The minimum Gasteiger partial charge on any atom is -0.497 e. The Balaban J connectivity index is 1.61. The van der Waals surface area contributed by atoms with Crippen molar-refractivity contribution < 1.29 is 29.3 Å². The Morgan fingerprint density at radius 1 is 1.00 bits per heavy atom. The fourth-order valence-corrected chi connectivity index (χ4v) is 4.56. The van der Waals surface area contributed by atoms with Crippen LogP contribution in [0.1, 0.15) is 28.9 Å². The van der Waals surface area contributed by atoms with E-state index in [1.807, 2.05) is 17.0 Å². The number of carboxylic acids is 2. The van der Waals surface area contributed by atoms with Gasteiger partial charge in [-0.25, -0.2) is 0 Å². The van der Waals surface area contributed by atoms with E-state index in [4.69, 9.17) is 4.74 Å². The topological polar surface area (TPSA) is 112 Å². The number of fused-ring (bicyclic) bond motifs is 1. The fourth-order valence-electron chi connectivity index (χ4n) is 4.56. The zero-order valence-electron chi connectivity index (χ0n) is 19.1. The van der Waals surface area contributed by atoms with Gasteiger partial charge in [0.2, 0.25) is 0 Å². The highest BCUT2D eigenvalue weighted by atomic mass is 16.5. The van der Waals surface area contributed by atoms with Gasteiger partial charge in [0.05, 0.1) is 7.11 Å². The number of hydrogen-bond acceptors (Lipinski definition) is 6. The maximum atomic E-state index is 12.4. The molecule has 0 bridgehead atoms. The van der Waals surface area contributed by atoms with Gasteiger partial charge >= 0.3 is 11.9 Å². The molecule has 4 rings (SSSR count).